The van der Waals surface area contributed by atoms with Gasteiger partial charge in [-0.2, -0.15) is 0 Å². The summed E-state index contributed by atoms with van der Waals surface area (Å²) in [5.41, 5.74) is 5.13. The molecule has 92 valence electrons. The molecule has 0 saturated heterocycles. The first-order chi connectivity index (χ1) is 7.72. The topological polar surface area (TPSA) is 84.2 Å². The van der Waals surface area contributed by atoms with E-state index in [2.05, 4.69) is 10.6 Å². The van der Waals surface area contributed by atoms with E-state index in [1.54, 1.807) is 0 Å². The highest BCUT2D eigenvalue weighted by Crippen LogP contribution is 2.17. The van der Waals surface area contributed by atoms with Crippen LogP contribution < -0.4 is 16.4 Å². The van der Waals surface area contributed by atoms with Crippen LogP contribution in [0.2, 0.25) is 0 Å². The number of rotatable bonds is 5. The Bertz CT molecular complexity index is 237. The van der Waals surface area contributed by atoms with Gasteiger partial charge in [-0.3, -0.25) is 9.59 Å². The van der Waals surface area contributed by atoms with Gasteiger partial charge in [-0.25, -0.2) is 0 Å². The second-order valence-corrected chi connectivity index (χ2v) is 4.21. The maximum atomic E-state index is 11.5. The summed E-state index contributed by atoms with van der Waals surface area (Å²) in [7, 11) is 0. The average Bonchev–Trinajstić information content (AvgIpc) is 2.30. The number of nitrogens with one attached hydrogen (secondary N) is 2. The lowest BCUT2D eigenvalue weighted by molar-refractivity contribution is -0.122. The van der Waals surface area contributed by atoms with E-state index in [0.717, 1.165) is 12.8 Å². The summed E-state index contributed by atoms with van der Waals surface area (Å²) in [5.74, 6) is -0.199. The molecule has 1 fully saturated rings. The molecule has 0 atom stereocenters. The third-order valence-corrected chi connectivity index (χ3v) is 2.83. The minimum Gasteiger partial charge on any atom is -0.354 e. The molecule has 0 unspecified atom stereocenters. The van der Waals surface area contributed by atoms with Gasteiger partial charge in [-0.05, 0) is 12.8 Å². The molecule has 4 N–H and O–H groups in total. The van der Waals surface area contributed by atoms with Crippen LogP contribution in [0.25, 0.3) is 0 Å². The molecule has 5 heteroatoms. The molecule has 16 heavy (non-hydrogen) atoms. The van der Waals surface area contributed by atoms with Crippen molar-refractivity contribution in [2.75, 3.05) is 13.1 Å². The molecule has 0 aromatic heterocycles. The van der Waals surface area contributed by atoms with E-state index in [0.29, 0.717) is 19.0 Å². The summed E-state index contributed by atoms with van der Waals surface area (Å²) in [4.78, 5) is 22.3. The largest absolute Gasteiger partial charge is 0.354 e. The van der Waals surface area contributed by atoms with E-state index in [1.165, 1.54) is 19.3 Å². The predicted octanol–water partition coefficient (Wildman–Crippen LogP) is -0.0997. The minimum atomic E-state index is -0.217. The van der Waals surface area contributed by atoms with Crippen LogP contribution in [0, 0.1) is 0 Å². The number of carbonyl (C=O) groups excluding carboxylic acids is 2. The summed E-state index contributed by atoms with van der Waals surface area (Å²) < 4.78 is 0. The second kappa shape index (κ2) is 7.22. The molecule has 5 nitrogen and oxygen atoms in total. The number of carbonyl (C=O) groups is 2. The van der Waals surface area contributed by atoms with Crippen LogP contribution in [-0.4, -0.2) is 30.9 Å². The molecule has 2 amide bonds. The van der Waals surface area contributed by atoms with Crippen molar-refractivity contribution in [3.8, 4) is 0 Å². The van der Waals surface area contributed by atoms with E-state index in [4.69, 9.17) is 5.73 Å². The van der Waals surface area contributed by atoms with Gasteiger partial charge in [0.15, 0.2) is 0 Å². The van der Waals surface area contributed by atoms with Crippen molar-refractivity contribution in [3.63, 3.8) is 0 Å². The van der Waals surface area contributed by atoms with Gasteiger partial charge >= 0.3 is 0 Å². The maximum Gasteiger partial charge on any atom is 0.233 e. The lowest BCUT2D eigenvalue weighted by Crippen LogP contribution is -2.39. The van der Waals surface area contributed by atoms with Gasteiger partial charge in [0, 0.05) is 19.0 Å². The van der Waals surface area contributed by atoms with Crippen molar-refractivity contribution >= 4 is 11.8 Å². The highest BCUT2D eigenvalue weighted by atomic mass is 16.2. The number of hydrogen-bond acceptors (Lipinski definition) is 3. The smallest absolute Gasteiger partial charge is 0.233 e. The van der Waals surface area contributed by atoms with Crippen LogP contribution in [0.15, 0.2) is 0 Å². The summed E-state index contributed by atoms with van der Waals surface area (Å²) >= 11 is 0. The Morgan fingerprint density at radius 1 is 1.12 bits per heavy atom. The van der Waals surface area contributed by atoms with Crippen LogP contribution >= 0.6 is 0 Å². The molecule has 0 aromatic carbocycles. The van der Waals surface area contributed by atoms with Gasteiger partial charge in [0.25, 0.3) is 0 Å². The van der Waals surface area contributed by atoms with Gasteiger partial charge in [-0.1, -0.05) is 19.3 Å². The molecular formula is C11H21N3O2. The molecule has 0 aromatic rings. The Kier molecular flexibility index (Phi) is 5.85. The fourth-order valence-corrected chi connectivity index (χ4v) is 1.93. The van der Waals surface area contributed by atoms with E-state index >= 15 is 0 Å². The summed E-state index contributed by atoms with van der Waals surface area (Å²) in [6.07, 6.45) is 6.19. The van der Waals surface area contributed by atoms with Crippen molar-refractivity contribution in [3.05, 3.63) is 0 Å². The van der Waals surface area contributed by atoms with E-state index in [-0.39, 0.29) is 18.4 Å². The van der Waals surface area contributed by atoms with E-state index < -0.39 is 0 Å². The molecule has 1 rings (SSSR count). The quantitative estimate of drug-likeness (QED) is 0.613. The SMILES string of the molecule is NCC(=O)NCCC(=O)NC1CCCCC1. The highest BCUT2D eigenvalue weighted by molar-refractivity contribution is 5.80. The van der Waals surface area contributed by atoms with Crippen LogP contribution in [0.5, 0.6) is 0 Å². The second-order valence-electron chi connectivity index (χ2n) is 4.21. The molecule has 0 spiro atoms. The normalized spacial score (nSPS) is 16.8. The third kappa shape index (κ3) is 5.11. The van der Waals surface area contributed by atoms with Crippen LogP contribution in [0.3, 0.4) is 0 Å². The highest BCUT2D eigenvalue weighted by Gasteiger charge is 2.15. The molecule has 0 heterocycles. The van der Waals surface area contributed by atoms with E-state index in [9.17, 15) is 9.59 Å². The molecule has 0 radical (unpaired) electrons. The van der Waals surface area contributed by atoms with E-state index in [1.807, 2.05) is 0 Å². The van der Waals surface area contributed by atoms with Crippen molar-refractivity contribution in [2.24, 2.45) is 5.73 Å². The zero-order valence-corrected chi connectivity index (χ0v) is 9.63. The third-order valence-electron chi connectivity index (χ3n) is 2.83. The summed E-state index contributed by atoms with van der Waals surface area (Å²) in [6.45, 7) is 0.346. The summed E-state index contributed by atoms with van der Waals surface area (Å²) in [6, 6.07) is 0.339. The minimum absolute atomic E-state index is 0.0178. The lowest BCUT2D eigenvalue weighted by atomic mass is 9.95. The molecule has 1 aliphatic rings. The predicted molar refractivity (Wildman–Crippen MR) is 61.7 cm³/mol. The standard InChI is InChI=1S/C11H21N3O2/c12-8-11(16)13-7-6-10(15)14-9-4-2-1-3-5-9/h9H,1-8,12H2,(H,13,16)(H,14,15). The molecule has 0 aliphatic heterocycles. The average molecular weight is 227 g/mol. The first-order valence-electron chi connectivity index (χ1n) is 5.98. The molecule has 1 aliphatic carbocycles. The Morgan fingerprint density at radius 2 is 1.81 bits per heavy atom. The molecule has 0 bridgehead atoms. The van der Waals surface area contributed by atoms with Crippen molar-refractivity contribution in [1.82, 2.24) is 10.6 Å². The first kappa shape index (κ1) is 13.0. The lowest BCUT2D eigenvalue weighted by Gasteiger charge is -2.22. The van der Waals surface area contributed by atoms with Gasteiger partial charge < -0.3 is 16.4 Å². The maximum absolute atomic E-state index is 11.5. The van der Waals surface area contributed by atoms with Crippen LogP contribution in [0.1, 0.15) is 38.5 Å². The number of nitrogens with two attached hydrogens (primary N) is 1. The van der Waals surface area contributed by atoms with Crippen LogP contribution in [-0.2, 0) is 9.59 Å². The molecular weight excluding hydrogens is 206 g/mol. The van der Waals surface area contributed by atoms with Crippen molar-refractivity contribution in [1.29, 1.82) is 0 Å². The van der Waals surface area contributed by atoms with Crippen molar-refractivity contribution < 1.29 is 9.59 Å². The Morgan fingerprint density at radius 3 is 2.44 bits per heavy atom. The fraction of sp³-hybridized carbons (Fsp3) is 0.818. The zero-order chi connectivity index (χ0) is 11.8. The first-order valence-corrected chi connectivity index (χ1v) is 5.98. The molecule has 1 saturated carbocycles. The Hall–Kier alpha value is -1.10. The Labute approximate surface area is 96.1 Å². The Balaban J connectivity index is 2.08. The number of amides is 2. The van der Waals surface area contributed by atoms with Gasteiger partial charge in [-0.15, -0.1) is 0 Å². The summed E-state index contributed by atoms with van der Waals surface area (Å²) in [5, 5.41) is 5.56. The van der Waals surface area contributed by atoms with Crippen molar-refractivity contribution in [2.45, 2.75) is 44.6 Å². The van der Waals surface area contributed by atoms with Gasteiger partial charge in [0.1, 0.15) is 0 Å². The zero-order valence-electron chi connectivity index (χ0n) is 9.63. The number of hydrogen-bond donors (Lipinski definition) is 3. The fourth-order valence-electron chi connectivity index (χ4n) is 1.93. The van der Waals surface area contributed by atoms with Gasteiger partial charge in [0.05, 0.1) is 6.54 Å². The van der Waals surface area contributed by atoms with Gasteiger partial charge in [0.2, 0.25) is 11.8 Å². The van der Waals surface area contributed by atoms with Crippen LogP contribution in [0.4, 0.5) is 0 Å². The monoisotopic (exact) mass is 227 g/mol.